The molecule has 5 rings (SSSR count). The smallest absolute Gasteiger partial charge is 0.224 e. The summed E-state index contributed by atoms with van der Waals surface area (Å²) in [5, 5.41) is 13.2. The lowest BCUT2D eigenvalue weighted by Crippen LogP contribution is -2.48. The average molecular weight is 594 g/mol. The molecule has 2 heterocycles. The highest BCUT2D eigenvalue weighted by atomic mass is 79.9. The Morgan fingerprint density at radius 3 is 2.47 bits per heavy atom. The fourth-order valence-corrected chi connectivity index (χ4v) is 6.08. The first kappa shape index (κ1) is 26.8. The molecule has 2 fully saturated rings. The molecule has 2 aromatic carbocycles. The quantitative estimate of drug-likeness (QED) is 0.387. The van der Waals surface area contributed by atoms with Crippen LogP contribution in [0.1, 0.15) is 53.6 Å². The summed E-state index contributed by atoms with van der Waals surface area (Å²) < 4.78 is 6.61. The highest BCUT2D eigenvalue weighted by molar-refractivity contribution is 9.10. The Labute approximate surface area is 237 Å². The van der Waals surface area contributed by atoms with Crippen LogP contribution in [0.25, 0.3) is 0 Å². The number of nitrogens with one attached hydrogen (secondary N) is 1. The van der Waals surface area contributed by atoms with E-state index in [9.17, 15) is 10.1 Å². The Bertz CT molecular complexity index is 1270. The predicted octanol–water partition coefficient (Wildman–Crippen LogP) is 5.86. The minimum atomic E-state index is -0.449. The van der Waals surface area contributed by atoms with E-state index in [1.54, 1.807) is 18.3 Å². The molecule has 1 aliphatic heterocycles. The number of nitriles is 1. The summed E-state index contributed by atoms with van der Waals surface area (Å²) in [6, 6.07) is 21.5. The number of morpholine rings is 1. The summed E-state index contributed by atoms with van der Waals surface area (Å²) in [5.74, 6) is -0.0457. The Morgan fingerprint density at radius 1 is 1.08 bits per heavy atom. The molecule has 4 atom stereocenters. The number of carbonyl (C=O) groups excluding carboxylic acids is 1. The molecule has 0 bridgehead atoms. The first-order valence-electron chi connectivity index (χ1n) is 13.0. The second kappa shape index (κ2) is 12.4. The molecule has 196 valence electrons. The molecule has 38 heavy (non-hydrogen) atoms. The lowest BCUT2D eigenvalue weighted by molar-refractivity contribution is -0.127. The van der Waals surface area contributed by atoms with Crippen molar-refractivity contribution in [2.24, 2.45) is 5.92 Å². The first-order chi connectivity index (χ1) is 18.5. The topological polar surface area (TPSA) is 78.2 Å². The number of aromatic nitrogens is 1. The van der Waals surface area contributed by atoms with Gasteiger partial charge in [0, 0.05) is 40.7 Å². The van der Waals surface area contributed by atoms with Crippen LogP contribution in [0.4, 0.5) is 0 Å². The molecular weight excluding hydrogens is 564 g/mol. The fourth-order valence-electron chi connectivity index (χ4n) is 5.69. The molecule has 0 radical (unpaired) electrons. The van der Waals surface area contributed by atoms with Gasteiger partial charge in [-0.25, -0.2) is 0 Å². The number of halogens is 2. The van der Waals surface area contributed by atoms with E-state index >= 15 is 0 Å². The summed E-state index contributed by atoms with van der Waals surface area (Å²) >= 11 is 9.70. The largest absolute Gasteiger partial charge is 0.379 e. The summed E-state index contributed by atoms with van der Waals surface area (Å²) in [4.78, 5) is 21.1. The van der Waals surface area contributed by atoms with Crippen molar-refractivity contribution in [1.29, 1.82) is 5.26 Å². The van der Waals surface area contributed by atoms with Gasteiger partial charge in [0.2, 0.25) is 5.91 Å². The van der Waals surface area contributed by atoms with Gasteiger partial charge in [0.1, 0.15) is 6.07 Å². The highest BCUT2D eigenvalue weighted by Crippen LogP contribution is 2.41. The summed E-state index contributed by atoms with van der Waals surface area (Å²) in [5.41, 5.74) is 3.24. The number of hydrogen-bond acceptors (Lipinski definition) is 5. The van der Waals surface area contributed by atoms with E-state index in [-0.39, 0.29) is 17.7 Å². The normalized spacial score (nSPS) is 22.8. The van der Waals surface area contributed by atoms with Gasteiger partial charge in [-0.3, -0.25) is 14.7 Å². The standard InChI is InChI=1S/C30H30BrClN4O2/c31-23-6-2-21(3-7-23)27-17-25(36-13-15-38-16-14-36)10-11-26(27)30(37)35-29(22-4-8-24(32)9-5-22)28-12-1-20(18-33)19-34-28/h1-9,12,19,25-27,29H,10-11,13-17H2,(H,35,37). The van der Waals surface area contributed by atoms with E-state index in [1.165, 1.54) is 5.56 Å². The molecule has 6 nitrogen and oxygen atoms in total. The van der Waals surface area contributed by atoms with Crippen molar-refractivity contribution in [1.82, 2.24) is 15.2 Å². The fraction of sp³-hybridized carbons (Fsp3) is 0.367. The minimum Gasteiger partial charge on any atom is -0.379 e. The maximum Gasteiger partial charge on any atom is 0.224 e. The number of nitrogens with zero attached hydrogens (tertiary/aromatic N) is 3. The van der Waals surface area contributed by atoms with Crippen LogP contribution in [0.3, 0.4) is 0 Å². The molecule has 8 heteroatoms. The molecule has 2 aliphatic rings. The zero-order valence-corrected chi connectivity index (χ0v) is 23.4. The molecule has 3 aromatic rings. The molecule has 1 N–H and O–H groups in total. The predicted molar refractivity (Wildman–Crippen MR) is 151 cm³/mol. The highest BCUT2D eigenvalue weighted by Gasteiger charge is 2.39. The van der Waals surface area contributed by atoms with Crippen molar-refractivity contribution >= 4 is 33.4 Å². The van der Waals surface area contributed by atoms with E-state index in [1.807, 2.05) is 24.3 Å². The molecule has 0 spiro atoms. The number of amides is 1. The van der Waals surface area contributed by atoms with Crippen molar-refractivity contribution in [3.05, 3.63) is 98.7 Å². The summed E-state index contributed by atoms with van der Waals surface area (Å²) in [7, 11) is 0. The van der Waals surface area contributed by atoms with Gasteiger partial charge >= 0.3 is 0 Å². The van der Waals surface area contributed by atoms with Gasteiger partial charge in [-0.2, -0.15) is 5.26 Å². The molecule has 1 aliphatic carbocycles. The van der Waals surface area contributed by atoms with E-state index in [2.05, 4.69) is 61.5 Å². The number of benzene rings is 2. The lowest BCUT2D eigenvalue weighted by Gasteiger charge is -2.42. The van der Waals surface area contributed by atoms with Gasteiger partial charge in [-0.15, -0.1) is 0 Å². The average Bonchev–Trinajstić information content (AvgIpc) is 2.97. The number of ether oxygens (including phenoxy) is 1. The second-order valence-electron chi connectivity index (χ2n) is 9.96. The summed E-state index contributed by atoms with van der Waals surface area (Å²) in [6.07, 6.45) is 4.26. The van der Waals surface area contributed by atoms with Gasteiger partial charge in [0.15, 0.2) is 0 Å². The Balaban J connectivity index is 1.42. The van der Waals surface area contributed by atoms with Gasteiger partial charge in [0.05, 0.1) is 30.5 Å². The lowest BCUT2D eigenvalue weighted by atomic mass is 9.72. The van der Waals surface area contributed by atoms with Crippen LogP contribution in [0.2, 0.25) is 5.02 Å². The Hall–Kier alpha value is -2.76. The van der Waals surface area contributed by atoms with Gasteiger partial charge in [0.25, 0.3) is 0 Å². The molecular formula is C30H30BrClN4O2. The van der Waals surface area contributed by atoms with Crippen LogP contribution in [-0.2, 0) is 9.53 Å². The third-order valence-electron chi connectivity index (χ3n) is 7.72. The number of hydrogen-bond donors (Lipinski definition) is 1. The van der Waals surface area contributed by atoms with Gasteiger partial charge in [-0.1, -0.05) is 51.8 Å². The van der Waals surface area contributed by atoms with Crippen molar-refractivity contribution in [3.8, 4) is 6.07 Å². The van der Waals surface area contributed by atoms with Crippen LogP contribution in [0.5, 0.6) is 0 Å². The van der Waals surface area contributed by atoms with Gasteiger partial charge < -0.3 is 10.1 Å². The minimum absolute atomic E-state index is 0.0180. The number of carbonyl (C=O) groups is 1. The van der Waals surface area contributed by atoms with Crippen molar-refractivity contribution in [2.75, 3.05) is 26.3 Å². The van der Waals surface area contributed by atoms with E-state index < -0.39 is 6.04 Å². The van der Waals surface area contributed by atoms with Crippen LogP contribution in [0, 0.1) is 17.2 Å². The van der Waals surface area contributed by atoms with Crippen molar-refractivity contribution in [2.45, 2.75) is 37.3 Å². The van der Waals surface area contributed by atoms with Gasteiger partial charge in [-0.05, 0) is 72.7 Å². The molecule has 4 unspecified atom stereocenters. The third kappa shape index (κ3) is 6.27. The summed E-state index contributed by atoms with van der Waals surface area (Å²) in [6.45, 7) is 3.42. The molecule has 1 aromatic heterocycles. The van der Waals surface area contributed by atoms with Crippen molar-refractivity contribution in [3.63, 3.8) is 0 Å². The van der Waals surface area contributed by atoms with Crippen LogP contribution >= 0.6 is 27.5 Å². The van der Waals surface area contributed by atoms with E-state index in [4.69, 9.17) is 16.3 Å². The first-order valence-corrected chi connectivity index (χ1v) is 14.2. The van der Waals surface area contributed by atoms with E-state index in [0.29, 0.717) is 22.3 Å². The maximum absolute atomic E-state index is 14.0. The Kier molecular flexibility index (Phi) is 8.75. The maximum atomic E-state index is 14.0. The SMILES string of the molecule is N#Cc1ccc(C(NC(=O)C2CCC(N3CCOCC3)CC2c2ccc(Br)cc2)c2ccc(Cl)cc2)nc1. The van der Waals surface area contributed by atoms with E-state index in [0.717, 1.165) is 55.6 Å². The zero-order valence-electron chi connectivity index (χ0n) is 21.0. The molecule has 1 saturated carbocycles. The van der Waals surface area contributed by atoms with Crippen LogP contribution in [0.15, 0.2) is 71.3 Å². The molecule has 1 saturated heterocycles. The third-order valence-corrected chi connectivity index (χ3v) is 8.50. The van der Waals surface area contributed by atoms with Crippen LogP contribution < -0.4 is 5.32 Å². The van der Waals surface area contributed by atoms with Crippen LogP contribution in [-0.4, -0.2) is 48.1 Å². The number of rotatable bonds is 6. The molecule has 1 amide bonds. The number of pyridine rings is 1. The monoisotopic (exact) mass is 592 g/mol. The Morgan fingerprint density at radius 2 is 1.82 bits per heavy atom. The second-order valence-corrected chi connectivity index (χ2v) is 11.3. The van der Waals surface area contributed by atoms with Crippen molar-refractivity contribution < 1.29 is 9.53 Å². The zero-order chi connectivity index (χ0) is 26.5.